The van der Waals surface area contributed by atoms with Crippen molar-refractivity contribution in [2.24, 2.45) is 5.73 Å². The van der Waals surface area contributed by atoms with Crippen molar-refractivity contribution in [2.45, 2.75) is 25.8 Å². The summed E-state index contributed by atoms with van der Waals surface area (Å²) in [5, 5.41) is 3.74. The zero-order chi connectivity index (χ0) is 14.8. The van der Waals surface area contributed by atoms with Gasteiger partial charge in [0.05, 0.1) is 19.8 Å². The van der Waals surface area contributed by atoms with Crippen LogP contribution in [0.15, 0.2) is 28.9 Å². The second-order valence-corrected chi connectivity index (χ2v) is 5.57. The van der Waals surface area contributed by atoms with E-state index in [-0.39, 0.29) is 12.3 Å². The van der Waals surface area contributed by atoms with Crippen LogP contribution in [0.3, 0.4) is 0 Å². The molecule has 2 aromatic rings. The number of ether oxygens (including phenoxy) is 1. The summed E-state index contributed by atoms with van der Waals surface area (Å²) in [6, 6.07) is 5.55. The average Bonchev–Trinajstić information content (AvgIpc) is 2.78. The summed E-state index contributed by atoms with van der Waals surface area (Å²) in [6.07, 6.45) is 1.88. The van der Waals surface area contributed by atoms with E-state index in [1.807, 2.05) is 26.0 Å². The Morgan fingerprint density at radius 2 is 2.20 bits per heavy atom. The zero-order valence-electron chi connectivity index (χ0n) is 12.0. The molecule has 1 aromatic carbocycles. The number of hydrogen-bond donors (Lipinski definition) is 2. The van der Waals surface area contributed by atoms with Gasteiger partial charge in [-0.3, -0.25) is 4.79 Å². The number of methoxy groups -OCH3 is 1. The van der Waals surface area contributed by atoms with Gasteiger partial charge in [-0.15, -0.1) is 0 Å². The standard InChI is InChI=1S/C15H20N2O3/c1-15(2,16)9-17-14(18)6-10-8-20-13-7-11(19-3)4-5-12(10)13/h4-5,7-8H,6,9,16H2,1-3H3,(H,17,18). The van der Waals surface area contributed by atoms with Crippen molar-refractivity contribution in [1.82, 2.24) is 5.32 Å². The molecule has 0 aliphatic carbocycles. The summed E-state index contributed by atoms with van der Waals surface area (Å²) < 4.78 is 10.6. The molecule has 5 heteroatoms. The number of fused-ring (bicyclic) bond motifs is 1. The number of benzene rings is 1. The van der Waals surface area contributed by atoms with Crippen LogP contribution in [0.25, 0.3) is 11.0 Å². The van der Waals surface area contributed by atoms with Crippen LogP contribution in [-0.4, -0.2) is 25.1 Å². The predicted octanol–water partition coefficient (Wildman–Crippen LogP) is 1.84. The molecule has 0 atom stereocenters. The lowest BCUT2D eigenvalue weighted by Crippen LogP contribution is -2.45. The fraction of sp³-hybridized carbons (Fsp3) is 0.400. The Morgan fingerprint density at radius 1 is 1.45 bits per heavy atom. The van der Waals surface area contributed by atoms with Gasteiger partial charge in [-0.05, 0) is 26.0 Å². The highest BCUT2D eigenvalue weighted by atomic mass is 16.5. The Labute approximate surface area is 118 Å². The molecule has 0 saturated heterocycles. The molecule has 1 heterocycles. The molecule has 108 valence electrons. The highest BCUT2D eigenvalue weighted by Crippen LogP contribution is 2.25. The topological polar surface area (TPSA) is 77.5 Å². The van der Waals surface area contributed by atoms with Crippen molar-refractivity contribution in [3.63, 3.8) is 0 Å². The van der Waals surface area contributed by atoms with E-state index >= 15 is 0 Å². The minimum Gasteiger partial charge on any atom is -0.497 e. The zero-order valence-corrected chi connectivity index (χ0v) is 12.0. The normalized spacial score (nSPS) is 11.6. The quantitative estimate of drug-likeness (QED) is 0.873. The number of nitrogens with one attached hydrogen (secondary N) is 1. The molecular weight excluding hydrogens is 256 g/mol. The molecular formula is C15H20N2O3. The second-order valence-electron chi connectivity index (χ2n) is 5.57. The molecule has 0 aliphatic rings. The maximum Gasteiger partial charge on any atom is 0.224 e. The van der Waals surface area contributed by atoms with E-state index in [0.717, 1.165) is 16.7 Å². The number of hydrogen-bond acceptors (Lipinski definition) is 4. The summed E-state index contributed by atoms with van der Waals surface area (Å²) >= 11 is 0. The predicted molar refractivity (Wildman–Crippen MR) is 77.7 cm³/mol. The Hall–Kier alpha value is -2.01. The smallest absolute Gasteiger partial charge is 0.224 e. The van der Waals surface area contributed by atoms with Crippen LogP contribution in [0.4, 0.5) is 0 Å². The highest BCUT2D eigenvalue weighted by Gasteiger charge is 2.14. The fourth-order valence-corrected chi connectivity index (χ4v) is 1.89. The van der Waals surface area contributed by atoms with Crippen molar-refractivity contribution in [3.05, 3.63) is 30.0 Å². The van der Waals surface area contributed by atoms with Gasteiger partial charge >= 0.3 is 0 Å². The van der Waals surface area contributed by atoms with Gasteiger partial charge in [0.25, 0.3) is 0 Å². The van der Waals surface area contributed by atoms with E-state index in [0.29, 0.717) is 12.1 Å². The number of rotatable bonds is 5. The van der Waals surface area contributed by atoms with Crippen LogP contribution in [-0.2, 0) is 11.2 Å². The molecule has 20 heavy (non-hydrogen) atoms. The van der Waals surface area contributed by atoms with E-state index in [4.69, 9.17) is 14.9 Å². The van der Waals surface area contributed by atoms with Crippen molar-refractivity contribution < 1.29 is 13.9 Å². The monoisotopic (exact) mass is 276 g/mol. The Kier molecular flexibility index (Phi) is 3.99. The summed E-state index contributed by atoms with van der Waals surface area (Å²) in [4.78, 5) is 11.9. The molecule has 1 amide bonds. The van der Waals surface area contributed by atoms with Crippen LogP contribution in [0.2, 0.25) is 0 Å². The molecule has 3 N–H and O–H groups in total. The first-order chi connectivity index (χ1) is 9.39. The number of carbonyl (C=O) groups excluding carboxylic acids is 1. The first kappa shape index (κ1) is 14.4. The van der Waals surface area contributed by atoms with Crippen molar-refractivity contribution in [3.8, 4) is 5.75 Å². The number of nitrogens with two attached hydrogens (primary N) is 1. The van der Waals surface area contributed by atoms with Crippen LogP contribution in [0.1, 0.15) is 19.4 Å². The summed E-state index contributed by atoms with van der Waals surface area (Å²) in [5.41, 5.74) is 6.99. The molecule has 0 unspecified atom stereocenters. The maximum absolute atomic E-state index is 11.9. The van der Waals surface area contributed by atoms with Gasteiger partial charge in [0.2, 0.25) is 5.91 Å². The van der Waals surface area contributed by atoms with Gasteiger partial charge in [-0.1, -0.05) is 0 Å². The number of amides is 1. The second kappa shape index (κ2) is 5.54. The van der Waals surface area contributed by atoms with Gasteiger partial charge in [-0.2, -0.15) is 0 Å². The van der Waals surface area contributed by atoms with Crippen molar-refractivity contribution in [2.75, 3.05) is 13.7 Å². The van der Waals surface area contributed by atoms with Gasteiger partial charge < -0.3 is 20.2 Å². The Bertz CT molecular complexity index is 611. The molecule has 5 nitrogen and oxygen atoms in total. The third kappa shape index (κ3) is 3.51. The molecule has 0 spiro atoms. The van der Waals surface area contributed by atoms with Crippen molar-refractivity contribution in [1.29, 1.82) is 0 Å². The lowest BCUT2D eigenvalue weighted by Gasteiger charge is -2.18. The minimum absolute atomic E-state index is 0.0676. The van der Waals surface area contributed by atoms with E-state index in [2.05, 4.69) is 5.32 Å². The van der Waals surface area contributed by atoms with Crippen LogP contribution in [0.5, 0.6) is 5.75 Å². The van der Waals surface area contributed by atoms with E-state index in [1.54, 1.807) is 19.4 Å². The largest absolute Gasteiger partial charge is 0.497 e. The minimum atomic E-state index is -0.415. The van der Waals surface area contributed by atoms with E-state index in [1.165, 1.54) is 0 Å². The Balaban J connectivity index is 2.08. The molecule has 1 aromatic heterocycles. The molecule has 0 radical (unpaired) electrons. The molecule has 2 rings (SSSR count). The lowest BCUT2D eigenvalue weighted by atomic mass is 10.1. The first-order valence-corrected chi connectivity index (χ1v) is 6.49. The molecule has 0 saturated carbocycles. The summed E-state index contributed by atoms with van der Waals surface area (Å²) in [5.74, 6) is 0.662. The fourth-order valence-electron chi connectivity index (χ4n) is 1.89. The summed E-state index contributed by atoms with van der Waals surface area (Å²) in [6.45, 7) is 4.18. The van der Waals surface area contributed by atoms with Crippen molar-refractivity contribution >= 4 is 16.9 Å². The average molecular weight is 276 g/mol. The van der Waals surface area contributed by atoms with Crippen LogP contribution < -0.4 is 15.8 Å². The van der Waals surface area contributed by atoms with E-state index < -0.39 is 5.54 Å². The molecule has 0 aliphatic heterocycles. The van der Waals surface area contributed by atoms with Gasteiger partial charge in [0.15, 0.2) is 0 Å². The number of furan rings is 1. The van der Waals surface area contributed by atoms with Gasteiger partial charge in [-0.25, -0.2) is 0 Å². The molecule has 0 bridgehead atoms. The third-order valence-corrected chi connectivity index (χ3v) is 2.96. The lowest BCUT2D eigenvalue weighted by molar-refractivity contribution is -0.120. The third-order valence-electron chi connectivity index (χ3n) is 2.96. The first-order valence-electron chi connectivity index (χ1n) is 6.49. The Morgan fingerprint density at radius 3 is 2.85 bits per heavy atom. The molecule has 0 fully saturated rings. The highest BCUT2D eigenvalue weighted by molar-refractivity contribution is 5.88. The van der Waals surface area contributed by atoms with Crippen LogP contribution >= 0.6 is 0 Å². The van der Waals surface area contributed by atoms with E-state index in [9.17, 15) is 4.79 Å². The van der Waals surface area contributed by atoms with Crippen LogP contribution in [0, 0.1) is 0 Å². The van der Waals surface area contributed by atoms with Gasteiger partial charge in [0, 0.05) is 29.1 Å². The number of carbonyl (C=O) groups is 1. The summed E-state index contributed by atoms with van der Waals surface area (Å²) in [7, 11) is 1.60. The SMILES string of the molecule is COc1ccc2c(CC(=O)NCC(C)(C)N)coc2c1. The van der Waals surface area contributed by atoms with Gasteiger partial charge in [0.1, 0.15) is 11.3 Å². The maximum atomic E-state index is 11.9.